The Hall–Kier alpha value is -3.37. The summed E-state index contributed by atoms with van der Waals surface area (Å²) in [5, 5.41) is 16.8. The standard InChI is InChI=1S/C33H39ClN6O3/c1-3-5-21-14-26(41)9-6-22(21)15-27-29(34)16-28-30-31(27)43-20-25(19-38-12-10-37(4-2)11-13-38)40(30)33(42)36-32(28)39-17-23-7-8-24(18-39)35-23/h3,5-6,9,14-16,23-25,35,41H,1,4,7-8,10-13,17-20H2,2H3/b21-5-,22-15+. The fraction of sp³-hybridized carbons (Fsp3) is 0.455. The van der Waals surface area contributed by atoms with E-state index in [-0.39, 0.29) is 17.5 Å². The van der Waals surface area contributed by atoms with Gasteiger partial charge in [-0.15, -0.1) is 0 Å². The van der Waals surface area contributed by atoms with Gasteiger partial charge in [0, 0.05) is 68.8 Å². The Bertz CT molecular complexity index is 1740. The second-order valence-electron chi connectivity index (χ2n) is 12.2. The maximum Gasteiger partial charge on any atom is 0.350 e. The van der Waals surface area contributed by atoms with E-state index in [9.17, 15) is 9.90 Å². The molecule has 4 aliphatic rings. The molecule has 2 aromatic carbocycles. The molecule has 1 aromatic heterocycles. The van der Waals surface area contributed by atoms with Gasteiger partial charge in [0.15, 0.2) is 5.75 Å². The molecule has 2 N–H and O–H groups in total. The van der Waals surface area contributed by atoms with Crippen molar-refractivity contribution in [3.8, 4) is 11.5 Å². The molecule has 2 bridgehead atoms. The molecule has 0 saturated carbocycles. The number of fused-ring (bicyclic) bond motifs is 2. The molecule has 0 amide bonds. The Morgan fingerprint density at radius 3 is 2.58 bits per heavy atom. The van der Waals surface area contributed by atoms with Crippen molar-refractivity contribution in [3.05, 3.63) is 68.4 Å². The van der Waals surface area contributed by atoms with Crippen LogP contribution in [0.4, 0.5) is 5.82 Å². The van der Waals surface area contributed by atoms with Crippen molar-refractivity contribution in [1.29, 1.82) is 0 Å². The summed E-state index contributed by atoms with van der Waals surface area (Å²) in [6.45, 7) is 13.8. The fourth-order valence-electron chi connectivity index (χ4n) is 7.27. The molecule has 7 rings (SSSR count). The Kier molecular flexibility index (Phi) is 7.67. The number of aromatic hydroxyl groups is 1. The van der Waals surface area contributed by atoms with Crippen LogP contribution in [-0.2, 0) is 0 Å². The molecule has 43 heavy (non-hydrogen) atoms. The summed E-state index contributed by atoms with van der Waals surface area (Å²) in [5.41, 5.74) is 1.22. The molecule has 10 heteroatoms. The third-order valence-corrected chi connectivity index (χ3v) is 9.80. The van der Waals surface area contributed by atoms with Crippen LogP contribution >= 0.6 is 11.6 Å². The van der Waals surface area contributed by atoms with Gasteiger partial charge in [0.05, 0.1) is 16.6 Å². The predicted molar refractivity (Wildman–Crippen MR) is 172 cm³/mol. The van der Waals surface area contributed by atoms with Gasteiger partial charge in [0.2, 0.25) is 0 Å². The minimum absolute atomic E-state index is 0.163. The van der Waals surface area contributed by atoms with Crippen molar-refractivity contribution in [2.45, 2.75) is 37.9 Å². The van der Waals surface area contributed by atoms with Gasteiger partial charge in [-0.05, 0) is 54.1 Å². The number of halogens is 1. The number of nitrogens with zero attached hydrogens (tertiary/aromatic N) is 5. The third kappa shape index (κ3) is 5.33. The second-order valence-corrected chi connectivity index (χ2v) is 12.6. The van der Waals surface area contributed by atoms with E-state index in [1.807, 2.05) is 28.9 Å². The molecule has 3 aromatic rings. The molecule has 226 valence electrons. The molecule has 0 aliphatic carbocycles. The average Bonchev–Trinajstić information content (AvgIpc) is 3.35. The third-order valence-electron chi connectivity index (χ3n) is 9.48. The number of rotatable bonds is 6. The number of phenols is 1. The predicted octanol–water partition coefficient (Wildman–Crippen LogP) is 2.06. The molecular formula is C33H39ClN6O3. The first-order valence-corrected chi connectivity index (χ1v) is 15.8. The van der Waals surface area contributed by atoms with Gasteiger partial charge in [-0.1, -0.05) is 43.3 Å². The van der Waals surface area contributed by atoms with E-state index in [1.54, 1.807) is 18.2 Å². The van der Waals surface area contributed by atoms with E-state index in [1.165, 1.54) is 0 Å². The maximum atomic E-state index is 14.0. The van der Waals surface area contributed by atoms with Gasteiger partial charge in [0.1, 0.15) is 18.2 Å². The highest BCUT2D eigenvalue weighted by atomic mass is 35.5. The van der Waals surface area contributed by atoms with E-state index in [0.29, 0.717) is 40.8 Å². The Morgan fingerprint density at radius 2 is 1.86 bits per heavy atom. The first-order valence-electron chi connectivity index (χ1n) is 15.4. The summed E-state index contributed by atoms with van der Waals surface area (Å²) in [4.78, 5) is 25.9. The molecule has 3 saturated heterocycles. The Labute approximate surface area is 256 Å². The number of allylic oxidation sites excluding steroid dienone is 1. The van der Waals surface area contributed by atoms with E-state index in [2.05, 4.69) is 33.5 Å². The number of ether oxygens (including phenoxy) is 1. The average molecular weight is 603 g/mol. The lowest BCUT2D eigenvalue weighted by molar-refractivity contribution is 0.106. The Balaban J connectivity index is 1.40. The zero-order valence-electron chi connectivity index (χ0n) is 24.6. The summed E-state index contributed by atoms with van der Waals surface area (Å²) < 4.78 is 8.46. The molecular weight excluding hydrogens is 564 g/mol. The summed E-state index contributed by atoms with van der Waals surface area (Å²) in [5.74, 6) is 1.46. The smallest absolute Gasteiger partial charge is 0.350 e. The lowest BCUT2D eigenvalue weighted by atomic mass is 10.0. The van der Waals surface area contributed by atoms with Crippen LogP contribution in [0.25, 0.3) is 23.1 Å². The molecule has 5 heterocycles. The highest BCUT2D eigenvalue weighted by Gasteiger charge is 2.36. The summed E-state index contributed by atoms with van der Waals surface area (Å²) in [7, 11) is 0. The van der Waals surface area contributed by atoms with Crippen LogP contribution < -0.4 is 31.1 Å². The topological polar surface area (TPSA) is 86.1 Å². The number of phenolic OH excluding ortho intramolecular Hbond substituents is 1. The molecule has 3 unspecified atom stereocenters. The van der Waals surface area contributed by atoms with E-state index >= 15 is 0 Å². The molecule has 3 atom stereocenters. The number of anilines is 1. The summed E-state index contributed by atoms with van der Waals surface area (Å²) in [6.07, 6.45) is 7.77. The van der Waals surface area contributed by atoms with Crippen LogP contribution in [0.5, 0.6) is 11.5 Å². The summed E-state index contributed by atoms with van der Waals surface area (Å²) in [6, 6.07) is 7.78. The Morgan fingerprint density at radius 1 is 1.12 bits per heavy atom. The van der Waals surface area contributed by atoms with Crippen LogP contribution in [0.15, 0.2) is 41.7 Å². The van der Waals surface area contributed by atoms with Gasteiger partial charge in [-0.3, -0.25) is 9.47 Å². The van der Waals surface area contributed by atoms with Crippen molar-refractivity contribution in [3.63, 3.8) is 0 Å². The molecule has 4 aliphatic heterocycles. The quantitative estimate of drug-likeness (QED) is 0.444. The first-order chi connectivity index (χ1) is 20.9. The van der Waals surface area contributed by atoms with Crippen LogP contribution in [-0.4, -0.2) is 95.5 Å². The zero-order valence-corrected chi connectivity index (χ0v) is 25.4. The number of hydrogen-bond acceptors (Lipinski definition) is 8. The monoisotopic (exact) mass is 602 g/mol. The van der Waals surface area contributed by atoms with Crippen LogP contribution in [0, 0.1) is 0 Å². The van der Waals surface area contributed by atoms with E-state index in [0.717, 1.165) is 86.5 Å². The van der Waals surface area contributed by atoms with Crippen molar-refractivity contribution in [1.82, 2.24) is 24.7 Å². The van der Waals surface area contributed by atoms with Crippen LogP contribution in [0.2, 0.25) is 5.02 Å². The van der Waals surface area contributed by atoms with Gasteiger partial charge in [-0.25, -0.2) is 4.79 Å². The molecule has 0 radical (unpaired) electrons. The lowest BCUT2D eigenvalue weighted by Crippen LogP contribution is -2.52. The van der Waals surface area contributed by atoms with Crippen LogP contribution in [0.1, 0.15) is 31.4 Å². The van der Waals surface area contributed by atoms with Crippen molar-refractivity contribution >= 4 is 40.5 Å². The number of hydrogen-bond donors (Lipinski definition) is 2. The van der Waals surface area contributed by atoms with Gasteiger partial charge < -0.3 is 25.0 Å². The second kappa shape index (κ2) is 11.6. The van der Waals surface area contributed by atoms with Gasteiger partial charge in [0.25, 0.3) is 0 Å². The normalized spacial score (nSPS) is 25.0. The van der Waals surface area contributed by atoms with Gasteiger partial charge >= 0.3 is 5.69 Å². The largest absolute Gasteiger partial charge is 0.508 e. The maximum absolute atomic E-state index is 14.0. The summed E-state index contributed by atoms with van der Waals surface area (Å²) >= 11 is 7.06. The van der Waals surface area contributed by atoms with Crippen LogP contribution in [0.3, 0.4) is 0 Å². The van der Waals surface area contributed by atoms with E-state index < -0.39 is 0 Å². The number of benzene rings is 2. The number of piperazine rings is 2. The van der Waals surface area contributed by atoms with E-state index in [4.69, 9.17) is 21.3 Å². The van der Waals surface area contributed by atoms with Crippen molar-refractivity contribution in [2.75, 3.05) is 63.9 Å². The minimum atomic E-state index is -0.242. The number of nitrogens with one attached hydrogen (secondary N) is 1. The molecule has 9 nitrogen and oxygen atoms in total. The number of likely N-dealkylation sites (N-methyl/N-ethyl adjacent to an activating group) is 1. The first kappa shape index (κ1) is 28.4. The SMILES string of the molecule is C=C/C=c1/cc(O)cc/c1=C\c1c(Cl)cc2c(N3CC4CCC(C3)N4)nc(=O)n3c2c1OCC3CN1CCN(CC)CC1. The highest BCUT2D eigenvalue weighted by molar-refractivity contribution is 6.33. The molecule has 3 fully saturated rings. The van der Waals surface area contributed by atoms with Gasteiger partial charge in [-0.2, -0.15) is 4.98 Å². The zero-order chi connectivity index (χ0) is 29.7. The molecule has 0 spiro atoms. The number of aromatic nitrogens is 2. The van der Waals surface area contributed by atoms with Crippen molar-refractivity contribution < 1.29 is 9.84 Å². The minimum Gasteiger partial charge on any atom is -0.508 e. The van der Waals surface area contributed by atoms with Crippen molar-refractivity contribution in [2.24, 2.45) is 0 Å². The fourth-order valence-corrected chi connectivity index (χ4v) is 7.52. The lowest BCUT2D eigenvalue weighted by Gasteiger charge is -2.38. The highest BCUT2D eigenvalue weighted by Crippen LogP contribution is 2.42.